The van der Waals surface area contributed by atoms with Gasteiger partial charge in [-0.15, -0.1) is 0 Å². The van der Waals surface area contributed by atoms with Gasteiger partial charge in [-0.25, -0.2) is 8.42 Å². The quantitative estimate of drug-likeness (QED) is 0.756. The van der Waals surface area contributed by atoms with Crippen molar-refractivity contribution in [3.8, 4) is 0 Å². The van der Waals surface area contributed by atoms with E-state index in [0.29, 0.717) is 55.4 Å². The Morgan fingerprint density at radius 2 is 1.65 bits per heavy atom. The molecule has 2 fully saturated rings. The Hall–Kier alpha value is -1.80. The number of amides is 2. The van der Waals surface area contributed by atoms with Gasteiger partial charge in [0.2, 0.25) is 15.9 Å². The highest BCUT2D eigenvalue weighted by Crippen LogP contribution is 2.29. The first-order valence-electron chi connectivity index (χ1n) is 8.64. The molecule has 2 aliphatic rings. The predicted octanol–water partition coefficient (Wildman–Crippen LogP) is 1.57. The lowest BCUT2D eigenvalue weighted by molar-refractivity contribution is -0.130. The van der Waals surface area contributed by atoms with Gasteiger partial charge in [0.25, 0.3) is 5.91 Å². The molecule has 2 heterocycles. The second-order valence-corrected chi connectivity index (χ2v) is 8.98. The number of sulfonamides is 1. The third kappa shape index (κ3) is 3.81. The first kappa shape index (κ1) is 19.0. The van der Waals surface area contributed by atoms with Gasteiger partial charge in [0.1, 0.15) is 0 Å². The Labute approximate surface area is 158 Å². The van der Waals surface area contributed by atoms with Crippen LogP contribution >= 0.6 is 11.6 Å². The molecule has 0 radical (unpaired) electrons. The fourth-order valence-corrected chi connectivity index (χ4v) is 5.14. The summed E-state index contributed by atoms with van der Waals surface area (Å²) in [6.45, 7) is 3.76. The van der Waals surface area contributed by atoms with Crippen molar-refractivity contribution >= 4 is 39.1 Å². The van der Waals surface area contributed by atoms with Crippen molar-refractivity contribution in [1.29, 1.82) is 0 Å². The van der Waals surface area contributed by atoms with E-state index < -0.39 is 10.0 Å². The van der Waals surface area contributed by atoms with Crippen LogP contribution < -0.4 is 4.31 Å². The average Bonchev–Trinajstić information content (AvgIpc) is 2.61. The van der Waals surface area contributed by atoms with Crippen molar-refractivity contribution in [2.45, 2.75) is 19.8 Å². The lowest BCUT2D eigenvalue weighted by atomic mass is 10.1. The fourth-order valence-electron chi connectivity index (χ4n) is 3.31. The number of nitrogens with zero attached hydrogens (tertiary/aromatic N) is 3. The van der Waals surface area contributed by atoms with E-state index in [9.17, 15) is 18.0 Å². The van der Waals surface area contributed by atoms with Crippen LogP contribution in [0.5, 0.6) is 0 Å². The van der Waals surface area contributed by atoms with Crippen LogP contribution in [0.1, 0.15) is 30.1 Å². The minimum atomic E-state index is -3.35. The number of benzene rings is 1. The zero-order valence-corrected chi connectivity index (χ0v) is 16.2. The summed E-state index contributed by atoms with van der Waals surface area (Å²) < 4.78 is 26.0. The van der Waals surface area contributed by atoms with Crippen LogP contribution in [0.25, 0.3) is 0 Å². The molecule has 0 unspecified atom stereocenters. The average molecular weight is 400 g/mol. The number of halogens is 1. The SMILES string of the molecule is CC(=O)N1CCN(C(=O)c2cc(N3CCCCS3(=O)=O)ccc2Cl)CC1. The Kier molecular flexibility index (Phi) is 5.43. The van der Waals surface area contributed by atoms with E-state index >= 15 is 0 Å². The van der Waals surface area contributed by atoms with E-state index in [1.54, 1.807) is 28.0 Å². The van der Waals surface area contributed by atoms with E-state index in [2.05, 4.69) is 0 Å². The molecule has 0 spiro atoms. The Bertz CT molecular complexity index is 819. The number of carbonyl (C=O) groups is 2. The van der Waals surface area contributed by atoms with Gasteiger partial charge in [0, 0.05) is 39.6 Å². The molecular formula is C17H22ClN3O4S. The molecule has 1 aromatic carbocycles. The summed E-state index contributed by atoms with van der Waals surface area (Å²) in [6, 6.07) is 4.76. The predicted molar refractivity (Wildman–Crippen MR) is 100.0 cm³/mol. The van der Waals surface area contributed by atoms with E-state index in [0.717, 1.165) is 6.42 Å². The summed E-state index contributed by atoms with van der Waals surface area (Å²) in [6.07, 6.45) is 1.44. The smallest absolute Gasteiger partial charge is 0.255 e. The zero-order chi connectivity index (χ0) is 18.9. The maximum Gasteiger partial charge on any atom is 0.255 e. The molecule has 26 heavy (non-hydrogen) atoms. The van der Waals surface area contributed by atoms with Crippen molar-refractivity contribution in [1.82, 2.24) is 9.80 Å². The summed E-state index contributed by atoms with van der Waals surface area (Å²) in [7, 11) is -3.35. The Morgan fingerprint density at radius 3 is 2.27 bits per heavy atom. The third-order valence-electron chi connectivity index (χ3n) is 4.83. The van der Waals surface area contributed by atoms with Gasteiger partial charge in [-0.1, -0.05) is 11.6 Å². The molecule has 0 bridgehead atoms. The Balaban J connectivity index is 1.82. The van der Waals surface area contributed by atoms with Crippen molar-refractivity contribution in [3.05, 3.63) is 28.8 Å². The zero-order valence-electron chi connectivity index (χ0n) is 14.6. The van der Waals surface area contributed by atoms with Crippen LogP contribution in [-0.4, -0.2) is 68.5 Å². The van der Waals surface area contributed by atoms with Crippen molar-refractivity contribution in [2.24, 2.45) is 0 Å². The minimum Gasteiger partial charge on any atom is -0.339 e. The van der Waals surface area contributed by atoms with Gasteiger partial charge in [0.05, 0.1) is 22.0 Å². The van der Waals surface area contributed by atoms with Gasteiger partial charge in [-0.05, 0) is 31.0 Å². The van der Waals surface area contributed by atoms with Crippen molar-refractivity contribution in [3.63, 3.8) is 0 Å². The molecule has 2 saturated heterocycles. The van der Waals surface area contributed by atoms with E-state index in [1.807, 2.05) is 0 Å². The maximum absolute atomic E-state index is 12.9. The molecule has 2 amide bonds. The fraction of sp³-hybridized carbons (Fsp3) is 0.529. The van der Waals surface area contributed by atoms with Crippen molar-refractivity contribution in [2.75, 3.05) is 42.8 Å². The summed E-state index contributed by atoms with van der Waals surface area (Å²) in [4.78, 5) is 27.6. The normalized spacial score (nSPS) is 20.2. The molecule has 7 nitrogen and oxygen atoms in total. The first-order chi connectivity index (χ1) is 12.3. The molecule has 0 N–H and O–H groups in total. The van der Waals surface area contributed by atoms with Gasteiger partial charge >= 0.3 is 0 Å². The highest BCUT2D eigenvalue weighted by molar-refractivity contribution is 7.92. The van der Waals surface area contributed by atoms with E-state index in [4.69, 9.17) is 11.6 Å². The Morgan fingerprint density at radius 1 is 1.00 bits per heavy atom. The van der Waals surface area contributed by atoms with Crippen LogP contribution in [0, 0.1) is 0 Å². The molecule has 3 rings (SSSR count). The number of hydrogen-bond acceptors (Lipinski definition) is 4. The standard InChI is InChI=1S/C17H22ClN3O4S/c1-13(22)19-7-9-20(10-8-19)17(23)15-12-14(4-5-16(15)18)21-6-2-3-11-26(21,24)25/h4-5,12H,2-3,6-11H2,1H3. The summed E-state index contributed by atoms with van der Waals surface area (Å²) in [5.41, 5.74) is 0.765. The number of piperazine rings is 1. The van der Waals surface area contributed by atoms with Crippen LogP contribution in [0.4, 0.5) is 5.69 Å². The second-order valence-electron chi connectivity index (χ2n) is 6.56. The lowest BCUT2D eigenvalue weighted by Crippen LogP contribution is -2.50. The van der Waals surface area contributed by atoms with E-state index in [-0.39, 0.29) is 17.6 Å². The third-order valence-corrected chi connectivity index (χ3v) is 7.03. The van der Waals surface area contributed by atoms with Crippen molar-refractivity contribution < 1.29 is 18.0 Å². The van der Waals surface area contributed by atoms with Gasteiger partial charge < -0.3 is 9.80 Å². The molecule has 1 aromatic rings. The summed E-state index contributed by atoms with van der Waals surface area (Å²) >= 11 is 6.22. The maximum atomic E-state index is 12.9. The van der Waals surface area contributed by atoms with Gasteiger partial charge in [0.15, 0.2) is 0 Å². The largest absolute Gasteiger partial charge is 0.339 e. The monoisotopic (exact) mass is 399 g/mol. The van der Waals surface area contributed by atoms with Gasteiger partial charge in [-0.3, -0.25) is 13.9 Å². The lowest BCUT2D eigenvalue weighted by Gasteiger charge is -2.34. The summed E-state index contributed by atoms with van der Waals surface area (Å²) in [5, 5.41) is 0.294. The van der Waals surface area contributed by atoms with Crippen LogP contribution in [0.3, 0.4) is 0 Å². The number of hydrogen-bond donors (Lipinski definition) is 0. The molecule has 142 valence electrons. The molecule has 9 heteroatoms. The van der Waals surface area contributed by atoms with E-state index in [1.165, 1.54) is 11.2 Å². The molecule has 0 atom stereocenters. The van der Waals surface area contributed by atoms with Gasteiger partial charge in [-0.2, -0.15) is 0 Å². The molecule has 0 aromatic heterocycles. The molecular weight excluding hydrogens is 378 g/mol. The number of carbonyl (C=O) groups excluding carboxylic acids is 2. The number of anilines is 1. The van der Waals surface area contributed by atoms with Crippen LogP contribution in [0.15, 0.2) is 18.2 Å². The molecule has 0 aliphatic carbocycles. The molecule has 2 aliphatic heterocycles. The number of rotatable bonds is 2. The highest BCUT2D eigenvalue weighted by Gasteiger charge is 2.29. The summed E-state index contributed by atoms with van der Waals surface area (Å²) in [5.74, 6) is -0.131. The minimum absolute atomic E-state index is 0.00701. The molecule has 0 saturated carbocycles. The van der Waals surface area contributed by atoms with Crippen LogP contribution in [0.2, 0.25) is 5.02 Å². The highest BCUT2D eigenvalue weighted by atomic mass is 35.5. The van der Waals surface area contributed by atoms with Crippen LogP contribution in [-0.2, 0) is 14.8 Å². The second kappa shape index (κ2) is 7.44. The topological polar surface area (TPSA) is 78.0 Å². The first-order valence-corrected chi connectivity index (χ1v) is 10.6.